The Hall–Kier alpha value is -5.27. The van der Waals surface area contributed by atoms with Gasteiger partial charge in [0.25, 0.3) is 5.91 Å². The molecule has 0 spiro atoms. The smallest absolute Gasteiger partial charge is 0.253 e. The Morgan fingerprint density at radius 2 is 1.77 bits per heavy atom. The van der Waals surface area contributed by atoms with Crippen LogP contribution in [-0.4, -0.2) is 56.4 Å². The lowest BCUT2D eigenvalue weighted by molar-refractivity contribution is 0.0828. The predicted molar refractivity (Wildman–Crippen MR) is 168 cm³/mol. The average molecular weight is 591 g/mol. The number of amides is 1. The molecule has 1 amide bonds. The number of aromatic nitrogens is 3. The number of hydrogen-bond donors (Lipinski definition) is 2. The van der Waals surface area contributed by atoms with Crippen LogP contribution in [0.15, 0.2) is 94.9 Å². The van der Waals surface area contributed by atoms with Crippen molar-refractivity contribution in [2.75, 3.05) is 25.5 Å². The molecule has 216 valence electrons. The summed E-state index contributed by atoms with van der Waals surface area (Å²) in [6.45, 7) is 2.37. The molecule has 2 heterocycles. The maximum atomic E-state index is 12.7. The van der Waals surface area contributed by atoms with E-state index in [9.17, 15) is 20.3 Å². The van der Waals surface area contributed by atoms with E-state index in [1.807, 2.05) is 60.4 Å². The van der Waals surface area contributed by atoms with Crippen molar-refractivity contribution in [2.45, 2.75) is 16.7 Å². The van der Waals surface area contributed by atoms with E-state index in [0.717, 1.165) is 16.0 Å². The van der Waals surface area contributed by atoms with Crippen LogP contribution in [0.1, 0.15) is 22.8 Å². The highest BCUT2D eigenvalue weighted by Gasteiger charge is 2.27. The summed E-state index contributed by atoms with van der Waals surface area (Å²) >= 11 is 1.17. The number of carbonyl (C=O) groups excluding carboxylic acids is 1. The van der Waals surface area contributed by atoms with Gasteiger partial charge in [-0.3, -0.25) is 9.48 Å². The molecule has 0 atom stereocenters. The molecule has 43 heavy (non-hydrogen) atoms. The molecule has 5 rings (SSSR count). The van der Waals surface area contributed by atoms with E-state index >= 15 is 0 Å². The molecule has 10 heteroatoms. The summed E-state index contributed by atoms with van der Waals surface area (Å²) in [7, 11) is 5.22. The first-order valence-corrected chi connectivity index (χ1v) is 14.4. The van der Waals surface area contributed by atoms with E-state index in [4.69, 9.17) is 0 Å². The Labute approximate surface area is 254 Å². The monoisotopic (exact) mass is 590 g/mol. The van der Waals surface area contributed by atoms with Crippen LogP contribution < -0.4 is 4.90 Å². The fraction of sp³-hybridized carbons (Fsp3) is 0.152. The fourth-order valence-corrected chi connectivity index (χ4v) is 5.64. The molecular formula is C33H30N6O3S. The highest BCUT2D eigenvalue weighted by molar-refractivity contribution is 7.99. The first-order valence-electron chi connectivity index (χ1n) is 13.5. The third-order valence-electron chi connectivity index (χ3n) is 6.86. The van der Waals surface area contributed by atoms with Gasteiger partial charge in [0.1, 0.15) is 22.0 Å². The van der Waals surface area contributed by atoms with Crippen LogP contribution in [0, 0.1) is 11.3 Å². The molecule has 0 aliphatic rings. The van der Waals surface area contributed by atoms with E-state index in [2.05, 4.69) is 16.2 Å². The Balaban J connectivity index is 1.58. The van der Waals surface area contributed by atoms with Gasteiger partial charge in [-0.05, 0) is 60.5 Å². The van der Waals surface area contributed by atoms with Crippen LogP contribution in [-0.2, 0) is 7.05 Å². The van der Waals surface area contributed by atoms with Gasteiger partial charge in [0, 0.05) is 50.0 Å². The molecule has 0 saturated carbocycles. The minimum atomic E-state index is -0.334. The lowest BCUT2D eigenvalue weighted by atomic mass is 9.99. The maximum absolute atomic E-state index is 12.7. The fourth-order valence-electron chi connectivity index (χ4n) is 4.80. The molecule has 2 N–H and O–H groups in total. The van der Waals surface area contributed by atoms with Gasteiger partial charge in [0.2, 0.25) is 5.88 Å². The summed E-state index contributed by atoms with van der Waals surface area (Å²) in [5.41, 5.74) is 4.59. The molecule has 0 fully saturated rings. The summed E-state index contributed by atoms with van der Waals surface area (Å²) in [4.78, 5) is 21.6. The van der Waals surface area contributed by atoms with Crippen molar-refractivity contribution in [2.24, 2.45) is 7.05 Å². The molecule has 0 aliphatic heterocycles. The van der Waals surface area contributed by atoms with Crippen LogP contribution in [0.3, 0.4) is 0 Å². The molecular weight excluding hydrogens is 560 g/mol. The first-order chi connectivity index (χ1) is 20.7. The Kier molecular flexibility index (Phi) is 8.36. The number of aromatic hydroxyl groups is 2. The summed E-state index contributed by atoms with van der Waals surface area (Å²) in [5, 5.41) is 36.8. The largest absolute Gasteiger partial charge is 0.504 e. The maximum Gasteiger partial charge on any atom is 0.253 e. The highest BCUT2D eigenvalue weighted by atomic mass is 32.2. The summed E-state index contributed by atoms with van der Waals surface area (Å²) in [5.74, 6) is -0.579. The van der Waals surface area contributed by atoms with Crippen LogP contribution in [0.4, 0.5) is 11.4 Å². The van der Waals surface area contributed by atoms with Gasteiger partial charge in [-0.1, -0.05) is 48.2 Å². The van der Waals surface area contributed by atoms with Gasteiger partial charge in [-0.15, -0.1) is 0 Å². The molecule has 5 aromatic rings. The van der Waals surface area contributed by atoms with Crippen LogP contribution in [0.2, 0.25) is 0 Å². The Bertz CT molecular complexity index is 1840. The van der Waals surface area contributed by atoms with Crippen molar-refractivity contribution in [3.8, 4) is 40.2 Å². The SMILES string of the molecule is CCN(c1cccc(C#N)c1)c1c(-c2ccn(C)n2)nc(O)c(Sc2ccc(-c3ccccc3C(=O)N(C)C)cc2)c1O. The van der Waals surface area contributed by atoms with Gasteiger partial charge in [-0.2, -0.15) is 10.4 Å². The van der Waals surface area contributed by atoms with E-state index < -0.39 is 0 Å². The lowest BCUT2D eigenvalue weighted by Gasteiger charge is -2.27. The summed E-state index contributed by atoms with van der Waals surface area (Å²) in [6.07, 6.45) is 1.76. The second kappa shape index (κ2) is 12.3. The van der Waals surface area contributed by atoms with Gasteiger partial charge in [0.15, 0.2) is 5.75 Å². The van der Waals surface area contributed by atoms with E-state index in [1.165, 1.54) is 11.8 Å². The van der Waals surface area contributed by atoms with E-state index in [-0.39, 0.29) is 22.4 Å². The van der Waals surface area contributed by atoms with Crippen LogP contribution in [0.5, 0.6) is 11.6 Å². The molecule has 0 radical (unpaired) electrons. The van der Waals surface area contributed by atoms with Gasteiger partial charge in [-0.25, -0.2) is 4.98 Å². The quantitative estimate of drug-likeness (QED) is 0.212. The van der Waals surface area contributed by atoms with E-state index in [1.54, 1.807) is 67.3 Å². The normalized spacial score (nSPS) is 10.8. The molecule has 0 unspecified atom stereocenters. The van der Waals surface area contributed by atoms with Crippen molar-refractivity contribution < 1.29 is 15.0 Å². The number of aryl methyl sites for hydroxylation is 1. The number of nitriles is 1. The molecule has 0 aliphatic carbocycles. The number of carbonyl (C=O) groups is 1. The van der Waals surface area contributed by atoms with Gasteiger partial charge in [0.05, 0.1) is 11.6 Å². The molecule has 2 aromatic heterocycles. The number of rotatable bonds is 8. The zero-order chi connectivity index (χ0) is 30.7. The van der Waals surface area contributed by atoms with Crippen molar-refractivity contribution in [1.82, 2.24) is 19.7 Å². The second-order valence-electron chi connectivity index (χ2n) is 9.96. The van der Waals surface area contributed by atoms with Crippen molar-refractivity contribution in [3.63, 3.8) is 0 Å². The number of benzene rings is 3. The van der Waals surface area contributed by atoms with Crippen molar-refractivity contribution in [3.05, 3.63) is 96.2 Å². The average Bonchev–Trinajstić information content (AvgIpc) is 3.46. The number of anilines is 2. The molecule has 3 aromatic carbocycles. The minimum Gasteiger partial charge on any atom is -0.504 e. The summed E-state index contributed by atoms with van der Waals surface area (Å²) in [6, 6.07) is 26.0. The number of pyridine rings is 1. The topological polar surface area (TPSA) is 119 Å². The number of hydrogen-bond acceptors (Lipinski definition) is 8. The Morgan fingerprint density at radius 3 is 2.42 bits per heavy atom. The van der Waals surface area contributed by atoms with Gasteiger partial charge < -0.3 is 20.0 Å². The molecule has 0 saturated heterocycles. The van der Waals surface area contributed by atoms with Crippen molar-refractivity contribution >= 4 is 29.0 Å². The van der Waals surface area contributed by atoms with Crippen LogP contribution >= 0.6 is 11.8 Å². The minimum absolute atomic E-state index is 0.0868. The molecule has 0 bridgehead atoms. The predicted octanol–water partition coefficient (Wildman–Crippen LogP) is 6.44. The Morgan fingerprint density at radius 1 is 1.02 bits per heavy atom. The van der Waals surface area contributed by atoms with Gasteiger partial charge >= 0.3 is 0 Å². The first kappa shape index (κ1) is 29.2. The third kappa shape index (κ3) is 5.89. The van der Waals surface area contributed by atoms with E-state index in [0.29, 0.717) is 40.4 Å². The second-order valence-corrected chi connectivity index (χ2v) is 11.0. The summed E-state index contributed by atoms with van der Waals surface area (Å²) < 4.78 is 1.62. The third-order valence-corrected chi connectivity index (χ3v) is 7.95. The van der Waals surface area contributed by atoms with Crippen LogP contribution in [0.25, 0.3) is 22.5 Å². The standard InChI is InChI=1S/C33H30N6O3S/c1-5-39(23-10-8-9-21(19-23)20-34)29-28(27-17-18-38(4)36-27)35-32(41)31(30(29)40)43-24-15-13-22(14-16-24)25-11-6-7-12-26(25)33(42)37(2)3/h6-19H,5H2,1-4H3,(H2,35,40,41). The zero-order valence-electron chi connectivity index (χ0n) is 24.2. The number of nitrogens with zero attached hydrogens (tertiary/aromatic N) is 6. The van der Waals surface area contributed by atoms with Crippen molar-refractivity contribution in [1.29, 1.82) is 5.26 Å². The lowest BCUT2D eigenvalue weighted by Crippen LogP contribution is -2.22. The highest BCUT2D eigenvalue weighted by Crippen LogP contribution is 2.50. The molecule has 9 nitrogen and oxygen atoms in total. The zero-order valence-corrected chi connectivity index (χ0v) is 25.0.